The fourth-order valence-electron chi connectivity index (χ4n) is 2.18. The first kappa shape index (κ1) is 16.4. The quantitative estimate of drug-likeness (QED) is 0.695. The molecule has 1 atom stereocenters. The number of hydrogen-bond donors (Lipinski definition) is 0. The standard InChI is InChI=1S/C12H20N2O2S.C2H6/c1-10-4-6-13(7-5-10)11(15)17(16)14-8-12(2,3)9-14;1-2/h4H,5-9H2,1-3H3;1-2H3. The fourth-order valence-corrected chi connectivity index (χ4v) is 3.72. The third-order valence-electron chi connectivity index (χ3n) is 3.29. The van der Waals surface area contributed by atoms with E-state index in [1.165, 1.54) is 5.57 Å². The van der Waals surface area contributed by atoms with Gasteiger partial charge in [-0.2, -0.15) is 0 Å². The van der Waals surface area contributed by atoms with Gasteiger partial charge in [-0.05, 0) is 18.8 Å². The summed E-state index contributed by atoms with van der Waals surface area (Å²) in [7, 11) is -1.49. The Balaban J connectivity index is 0.000000861. The molecule has 0 aromatic rings. The highest BCUT2D eigenvalue weighted by molar-refractivity contribution is 7.98. The predicted octanol–water partition coefficient (Wildman–Crippen LogP) is 2.79. The lowest BCUT2D eigenvalue weighted by Gasteiger charge is -2.44. The van der Waals surface area contributed by atoms with Gasteiger partial charge in [0.25, 0.3) is 0 Å². The van der Waals surface area contributed by atoms with Gasteiger partial charge in [0, 0.05) is 26.2 Å². The summed E-state index contributed by atoms with van der Waals surface area (Å²) in [6.45, 7) is 13.1. The summed E-state index contributed by atoms with van der Waals surface area (Å²) < 4.78 is 13.8. The van der Waals surface area contributed by atoms with Crippen molar-refractivity contribution < 1.29 is 9.00 Å². The third-order valence-corrected chi connectivity index (χ3v) is 4.57. The molecule has 0 aromatic heterocycles. The maximum atomic E-state index is 12.0. The zero-order valence-electron chi connectivity index (χ0n) is 12.7. The van der Waals surface area contributed by atoms with Crippen LogP contribution < -0.4 is 0 Å². The van der Waals surface area contributed by atoms with E-state index in [-0.39, 0.29) is 10.7 Å². The Kier molecular flexibility index (Phi) is 5.74. The van der Waals surface area contributed by atoms with Crippen LogP contribution in [0.4, 0.5) is 4.79 Å². The molecule has 1 amide bonds. The Morgan fingerprint density at radius 2 is 1.89 bits per heavy atom. The summed E-state index contributed by atoms with van der Waals surface area (Å²) in [6.07, 6.45) is 2.94. The van der Waals surface area contributed by atoms with Gasteiger partial charge in [-0.15, -0.1) is 0 Å². The SMILES string of the molecule is CC.CC1=CCN(C(=O)S(=O)N2CC(C)(C)C2)CC1. The van der Waals surface area contributed by atoms with Gasteiger partial charge in [0.15, 0.2) is 11.0 Å². The summed E-state index contributed by atoms with van der Waals surface area (Å²) >= 11 is 0. The van der Waals surface area contributed by atoms with Crippen molar-refractivity contribution in [1.82, 2.24) is 9.21 Å². The molecular weight excluding hydrogens is 260 g/mol. The van der Waals surface area contributed by atoms with Crippen LogP contribution >= 0.6 is 0 Å². The summed E-state index contributed by atoms with van der Waals surface area (Å²) in [4.78, 5) is 13.7. The molecule has 0 N–H and O–H groups in total. The van der Waals surface area contributed by atoms with Crippen molar-refractivity contribution in [2.75, 3.05) is 26.2 Å². The zero-order chi connectivity index (χ0) is 14.6. The number of nitrogens with zero attached hydrogens (tertiary/aromatic N) is 2. The van der Waals surface area contributed by atoms with E-state index < -0.39 is 11.0 Å². The van der Waals surface area contributed by atoms with Gasteiger partial charge in [-0.1, -0.05) is 39.3 Å². The van der Waals surface area contributed by atoms with Crippen molar-refractivity contribution in [2.45, 2.75) is 41.0 Å². The average Bonchev–Trinajstić information content (AvgIpc) is 2.37. The average molecular weight is 286 g/mol. The molecule has 0 radical (unpaired) electrons. The minimum Gasteiger partial charge on any atom is -0.326 e. The molecule has 0 aromatic carbocycles. The van der Waals surface area contributed by atoms with Gasteiger partial charge in [0.05, 0.1) is 0 Å². The van der Waals surface area contributed by atoms with Crippen molar-refractivity contribution in [3.05, 3.63) is 11.6 Å². The molecule has 4 nitrogen and oxygen atoms in total. The molecule has 0 spiro atoms. The highest BCUT2D eigenvalue weighted by atomic mass is 32.2. The normalized spacial score (nSPS) is 23.6. The van der Waals surface area contributed by atoms with E-state index in [0.29, 0.717) is 13.1 Å². The number of hydrogen-bond acceptors (Lipinski definition) is 2. The van der Waals surface area contributed by atoms with Crippen LogP contribution in [0.3, 0.4) is 0 Å². The Morgan fingerprint density at radius 1 is 1.32 bits per heavy atom. The summed E-state index contributed by atoms with van der Waals surface area (Å²) in [5, 5.41) is -0.232. The first-order valence-corrected chi connectivity index (χ1v) is 8.11. The first-order chi connectivity index (χ1) is 8.89. The Morgan fingerprint density at radius 3 is 2.32 bits per heavy atom. The van der Waals surface area contributed by atoms with Crippen molar-refractivity contribution in [3.8, 4) is 0 Å². The van der Waals surface area contributed by atoms with Crippen LogP contribution in [0, 0.1) is 5.41 Å². The Hall–Kier alpha value is -0.680. The van der Waals surface area contributed by atoms with Crippen molar-refractivity contribution in [2.24, 2.45) is 5.41 Å². The van der Waals surface area contributed by atoms with Crippen LogP contribution in [0.25, 0.3) is 0 Å². The molecule has 2 heterocycles. The summed E-state index contributed by atoms with van der Waals surface area (Å²) in [6, 6.07) is 0. The maximum absolute atomic E-state index is 12.0. The van der Waals surface area contributed by atoms with Crippen molar-refractivity contribution >= 4 is 16.2 Å². The predicted molar refractivity (Wildman–Crippen MR) is 80.2 cm³/mol. The smallest absolute Gasteiger partial charge is 0.326 e. The minimum atomic E-state index is -1.49. The molecule has 0 bridgehead atoms. The van der Waals surface area contributed by atoms with Crippen LogP contribution in [0.1, 0.15) is 41.0 Å². The second-order valence-electron chi connectivity index (χ2n) is 5.72. The summed E-state index contributed by atoms with van der Waals surface area (Å²) in [5.74, 6) is 0. The summed E-state index contributed by atoms with van der Waals surface area (Å²) in [5.41, 5.74) is 1.51. The minimum absolute atomic E-state index is 0.203. The molecule has 110 valence electrons. The lowest BCUT2D eigenvalue weighted by atomic mass is 9.87. The monoisotopic (exact) mass is 286 g/mol. The van der Waals surface area contributed by atoms with E-state index in [0.717, 1.165) is 19.5 Å². The Bertz CT molecular complexity index is 383. The highest BCUT2D eigenvalue weighted by Gasteiger charge is 2.40. The van der Waals surface area contributed by atoms with Crippen LogP contribution in [-0.4, -0.2) is 44.8 Å². The second-order valence-corrected chi connectivity index (χ2v) is 7.09. The van der Waals surface area contributed by atoms with E-state index in [9.17, 15) is 9.00 Å². The molecule has 1 unspecified atom stereocenters. The topological polar surface area (TPSA) is 40.6 Å². The fraction of sp³-hybridized carbons (Fsp3) is 0.786. The molecule has 5 heteroatoms. The van der Waals surface area contributed by atoms with E-state index in [1.807, 2.05) is 19.9 Å². The van der Waals surface area contributed by atoms with Crippen LogP contribution in [0.2, 0.25) is 0 Å². The molecular formula is C14H26N2O2S. The molecule has 1 fully saturated rings. The van der Waals surface area contributed by atoms with Crippen LogP contribution in [0.5, 0.6) is 0 Å². The van der Waals surface area contributed by atoms with Crippen LogP contribution in [0.15, 0.2) is 11.6 Å². The van der Waals surface area contributed by atoms with E-state index in [4.69, 9.17) is 0 Å². The van der Waals surface area contributed by atoms with Gasteiger partial charge < -0.3 is 4.90 Å². The molecule has 19 heavy (non-hydrogen) atoms. The lowest BCUT2D eigenvalue weighted by Crippen LogP contribution is -2.56. The third kappa shape index (κ3) is 4.14. The molecule has 1 saturated heterocycles. The molecule has 2 aliphatic rings. The first-order valence-electron chi connectivity index (χ1n) is 7.00. The molecule has 2 rings (SSSR count). The van der Waals surface area contributed by atoms with Gasteiger partial charge in [-0.3, -0.25) is 4.79 Å². The van der Waals surface area contributed by atoms with Gasteiger partial charge >= 0.3 is 5.24 Å². The van der Waals surface area contributed by atoms with Crippen molar-refractivity contribution in [1.29, 1.82) is 0 Å². The van der Waals surface area contributed by atoms with Gasteiger partial charge in [0.2, 0.25) is 0 Å². The number of carbonyl (C=O) groups excluding carboxylic acids is 1. The second kappa shape index (κ2) is 6.66. The number of carbonyl (C=O) groups is 1. The van der Waals surface area contributed by atoms with E-state index >= 15 is 0 Å². The van der Waals surface area contributed by atoms with Gasteiger partial charge in [0.1, 0.15) is 0 Å². The number of rotatable bonds is 1. The van der Waals surface area contributed by atoms with Crippen LogP contribution in [-0.2, 0) is 11.0 Å². The maximum Gasteiger partial charge on any atom is 0.327 e. The van der Waals surface area contributed by atoms with E-state index in [1.54, 1.807) is 9.21 Å². The zero-order valence-corrected chi connectivity index (χ0v) is 13.5. The largest absolute Gasteiger partial charge is 0.327 e. The highest BCUT2D eigenvalue weighted by Crippen LogP contribution is 2.30. The Labute approximate surface area is 119 Å². The molecule has 0 aliphatic carbocycles. The van der Waals surface area contributed by atoms with Crippen molar-refractivity contribution in [3.63, 3.8) is 0 Å². The van der Waals surface area contributed by atoms with E-state index in [2.05, 4.69) is 20.8 Å². The number of amides is 1. The lowest BCUT2D eigenvalue weighted by molar-refractivity contribution is 0.117. The molecule has 0 saturated carbocycles. The van der Waals surface area contributed by atoms with Gasteiger partial charge in [-0.25, -0.2) is 8.51 Å². The molecule has 2 aliphatic heterocycles.